The van der Waals surface area contributed by atoms with Crippen LogP contribution in [0.2, 0.25) is 0 Å². The summed E-state index contributed by atoms with van der Waals surface area (Å²) < 4.78 is 7.44. The Balaban J connectivity index is 1.52. The van der Waals surface area contributed by atoms with E-state index in [1.165, 1.54) is 19.8 Å². The van der Waals surface area contributed by atoms with Crippen molar-refractivity contribution in [2.24, 2.45) is 0 Å². The molecule has 33 heavy (non-hydrogen) atoms. The predicted molar refractivity (Wildman–Crippen MR) is 125 cm³/mol. The lowest BCUT2D eigenvalue weighted by Crippen LogP contribution is -2.65. The lowest BCUT2D eigenvalue weighted by molar-refractivity contribution is -0.133. The summed E-state index contributed by atoms with van der Waals surface area (Å²) in [6.45, 7) is 5.74. The van der Waals surface area contributed by atoms with Crippen molar-refractivity contribution in [2.75, 3.05) is 26.2 Å². The number of amides is 3. The number of hydrogen-bond donors (Lipinski definition) is 3. The first-order valence-electron chi connectivity index (χ1n) is 12.0. The maximum atomic E-state index is 13.7. The third-order valence-corrected chi connectivity index (χ3v) is 6.92. The van der Waals surface area contributed by atoms with Crippen LogP contribution in [0, 0.1) is 0 Å². The number of nitrogens with one attached hydrogen (secondary N) is 3. The molecule has 1 saturated carbocycles. The second-order valence-corrected chi connectivity index (χ2v) is 9.41. The van der Waals surface area contributed by atoms with Crippen molar-refractivity contribution in [1.29, 1.82) is 0 Å². The lowest BCUT2D eigenvalue weighted by Gasteiger charge is -2.44. The Hall–Kier alpha value is -2.81. The summed E-state index contributed by atoms with van der Waals surface area (Å²) in [4.78, 5) is 39.9. The van der Waals surface area contributed by atoms with Crippen LogP contribution in [0.25, 0.3) is 11.1 Å². The van der Waals surface area contributed by atoms with Gasteiger partial charge in [-0.15, -0.1) is 0 Å². The normalized spacial score (nSPS) is 21.6. The molecule has 1 aliphatic heterocycles. The highest BCUT2D eigenvalue weighted by Crippen LogP contribution is 2.33. The Morgan fingerprint density at radius 2 is 1.91 bits per heavy atom. The molecule has 2 aromatic heterocycles. The molecule has 1 aliphatic carbocycles. The first-order chi connectivity index (χ1) is 15.9. The highest BCUT2D eigenvalue weighted by atomic mass is 16.3. The van der Waals surface area contributed by atoms with Gasteiger partial charge in [0.1, 0.15) is 11.2 Å². The summed E-state index contributed by atoms with van der Waals surface area (Å²) in [7, 11) is 0. The van der Waals surface area contributed by atoms with Crippen LogP contribution in [0.3, 0.4) is 0 Å². The Morgan fingerprint density at radius 1 is 1.15 bits per heavy atom. The summed E-state index contributed by atoms with van der Waals surface area (Å²) in [6, 6.07) is 3.76. The fourth-order valence-corrected chi connectivity index (χ4v) is 5.03. The molecule has 3 amide bonds. The van der Waals surface area contributed by atoms with E-state index < -0.39 is 5.54 Å². The van der Waals surface area contributed by atoms with E-state index in [-0.39, 0.29) is 23.8 Å². The van der Waals surface area contributed by atoms with E-state index in [9.17, 15) is 14.4 Å². The Bertz CT molecular complexity index is 1000. The van der Waals surface area contributed by atoms with Gasteiger partial charge in [-0.25, -0.2) is 0 Å². The molecule has 4 rings (SSSR count). The fourth-order valence-electron chi connectivity index (χ4n) is 5.03. The molecule has 0 bridgehead atoms. The highest BCUT2D eigenvalue weighted by Gasteiger charge is 2.48. The van der Waals surface area contributed by atoms with Gasteiger partial charge in [0.2, 0.25) is 11.8 Å². The van der Waals surface area contributed by atoms with E-state index in [1.54, 1.807) is 17.2 Å². The maximum Gasteiger partial charge on any atom is 0.271 e. The summed E-state index contributed by atoms with van der Waals surface area (Å²) in [5.41, 5.74) is 1.02. The monoisotopic (exact) mass is 457 g/mol. The van der Waals surface area contributed by atoms with Crippen LogP contribution in [0.1, 0.15) is 62.9 Å². The van der Waals surface area contributed by atoms with Crippen LogP contribution in [0.5, 0.6) is 0 Å². The van der Waals surface area contributed by atoms with Gasteiger partial charge in [0.15, 0.2) is 5.58 Å². The molecule has 9 heteroatoms. The third kappa shape index (κ3) is 4.93. The molecule has 3 N–H and O–H groups in total. The largest absolute Gasteiger partial charge is 0.463 e. The van der Waals surface area contributed by atoms with Gasteiger partial charge in [0.05, 0.1) is 18.3 Å². The van der Waals surface area contributed by atoms with Gasteiger partial charge in [-0.1, -0.05) is 25.7 Å². The molecule has 1 unspecified atom stereocenters. The molecule has 0 saturated heterocycles. The van der Waals surface area contributed by atoms with Crippen LogP contribution in [0.15, 0.2) is 22.8 Å². The average Bonchev–Trinajstić information content (AvgIpc) is 3.27. The quantitative estimate of drug-likeness (QED) is 0.415. The van der Waals surface area contributed by atoms with Crippen molar-refractivity contribution in [3.05, 3.63) is 24.1 Å². The first kappa shape index (κ1) is 23.4. The van der Waals surface area contributed by atoms with E-state index in [1.807, 2.05) is 17.6 Å². The maximum absolute atomic E-state index is 13.7. The SMILES string of the molecule is CC(=O)NCCNCCN1C(=O)c2cc3occc3n2CC1(C)C(=O)NC1CCCCCC1. The predicted octanol–water partition coefficient (Wildman–Crippen LogP) is 2.01. The summed E-state index contributed by atoms with van der Waals surface area (Å²) in [5.74, 6) is -0.345. The molecule has 0 spiro atoms. The Labute approximate surface area is 194 Å². The smallest absolute Gasteiger partial charge is 0.271 e. The molecule has 180 valence electrons. The van der Waals surface area contributed by atoms with Crippen LogP contribution in [-0.4, -0.2) is 64.9 Å². The number of furan rings is 1. The Morgan fingerprint density at radius 3 is 2.64 bits per heavy atom. The van der Waals surface area contributed by atoms with Gasteiger partial charge in [0, 0.05) is 51.3 Å². The zero-order chi connectivity index (χ0) is 23.4. The van der Waals surface area contributed by atoms with Gasteiger partial charge >= 0.3 is 0 Å². The first-order valence-corrected chi connectivity index (χ1v) is 12.0. The van der Waals surface area contributed by atoms with E-state index in [0.29, 0.717) is 44.0 Å². The topological polar surface area (TPSA) is 109 Å². The van der Waals surface area contributed by atoms with Gasteiger partial charge in [-0.3, -0.25) is 14.4 Å². The summed E-state index contributed by atoms with van der Waals surface area (Å²) >= 11 is 0. The van der Waals surface area contributed by atoms with Crippen LogP contribution < -0.4 is 16.0 Å². The van der Waals surface area contributed by atoms with Gasteiger partial charge in [0.25, 0.3) is 5.91 Å². The standard InChI is InChI=1S/C24H35N5O4/c1-17(30)26-11-10-25-12-13-29-22(31)20-15-21-19(9-14-33-21)28(20)16-24(29,2)23(32)27-18-7-5-3-4-6-8-18/h9,14-15,18,25H,3-8,10-13,16H2,1-2H3,(H,26,30)(H,27,32). The number of hydrogen-bond acceptors (Lipinski definition) is 5. The molecule has 9 nitrogen and oxygen atoms in total. The van der Waals surface area contributed by atoms with Crippen molar-refractivity contribution in [3.63, 3.8) is 0 Å². The van der Waals surface area contributed by atoms with E-state index in [4.69, 9.17) is 4.42 Å². The highest BCUT2D eigenvalue weighted by molar-refractivity contribution is 6.02. The Kier molecular flexibility index (Phi) is 7.07. The number of fused-ring (bicyclic) bond motifs is 3. The summed E-state index contributed by atoms with van der Waals surface area (Å²) in [5, 5.41) is 9.27. The number of aromatic nitrogens is 1. The molecule has 2 aliphatic rings. The minimum atomic E-state index is -1.01. The number of rotatable bonds is 8. The van der Waals surface area contributed by atoms with E-state index in [2.05, 4.69) is 16.0 Å². The number of nitrogens with zero attached hydrogens (tertiary/aromatic N) is 2. The van der Waals surface area contributed by atoms with Gasteiger partial charge in [-0.2, -0.15) is 0 Å². The second kappa shape index (κ2) is 9.99. The molecule has 1 fully saturated rings. The molecule has 0 aromatic carbocycles. The van der Waals surface area contributed by atoms with Crippen molar-refractivity contribution in [3.8, 4) is 0 Å². The lowest BCUT2D eigenvalue weighted by atomic mass is 9.93. The summed E-state index contributed by atoms with van der Waals surface area (Å²) in [6.07, 6.45) is 8.26. The van der Waals surface area contributed by atoms with Gasteiger partial charge < -0.3 is 29.8 Å². The molecular formula is C24H35N5O4. The molecule has 0 radical (unpaired) electrons. The zero-order valence-corrected chi connectivity index (χ0v) is 19.6. The van der Waals surface area contributed by atoms with Crippen molar-refractivity contribution in [2.45, 2.75) is 70.5 Å². The minimum absolute atomic E-state index is 0.0733. The van der Waals surface area contributed by atoms with Crippen LogP contribution >= 0.6 is 0 Å². The fraction of sp³-hybridized carbons (Fsp3) is 0.625. The second-order valence-electron chi connectivity index (χ2n) is 9.41. The van der Waals surface area contributed by atoms with Crippen molar-refractivity contribution >= 4 is 28.8 Å². The molecular weight excluding hydrogens is 422 g/mol. The molecule has 3 heterocycles. The van der Waals surface area contributed by atoms with Crippen molar-refractivity contribution < 1.29 is 18.8 Å². The zero-order valence-electron chi connectivity index (χ0n) is 19.6. The average molecular weight is 458 g/mol. The van der Waals surface area contributed by atoms with E-state index >= 15 is 0 Å². The minimum Gasteiger partial charge on any atom is -0.463 e. The molecule has 2 aromatic rings. The van der Waals surface area contributed by atoms with Crippen molar-refractivity contribution in [1.82, 2.24) is 25.4 Å². The third-order valence-electron chi connectivity index (χ3n) is 6.92. The van der Waals surface area contributed by atoms with Gasteiger partial charge in [-0.05, 0) is 19.8 Å². The van der Waals surface area contributed by atoms with Crippen LogP contribution in [-0.2, 0) is 16.1 Å². The number of carbonyl (C=O) groups excluding carboxylic acids is 3. The van der Waals surface area contributed by atoms with Crippen LogP contribution in [0.4, 0.5) is 0 Å². The van der Waals surface area contributed by atoms with E-state index in [0.717, 1.165) is 31.2 Å². The molecule has 1 atom stereocenters. The number of carbonyl (C=O) groups is 3.